The molecule has 6 heteroatoms. The second-order valence-electron chi connectivity index (χ2n) is 7.81. The van der Waals surface area contributed by atoms with Crippen molar-refractivity contribution in [1.29, 1.82) is 0 Å². The molecule has 0 saturated heterocycles. The van der Waals surface area contributed by atoms with E-state index in [2.05, 4.69) is 17.4 Å². The van der Waals surface area contributed by atoms with Gasteiger partial charge in [-0.1, -0.05) is 36.4 Å². The minimum absolute atomic E-state index is 0.0296. The molecule has 1 aliphatic carbocycles. The number of ether oxygens (including phenoxy) is 4. The molecule has 0 bridgehead atoms. The van der Waals surface area contributed by atoms with Crippen LogP contribution in [0.15, 0.2) is 72.8 Å². The number of nitrogens with one attached hydrogen (secondary N) is 1. The predicted molar refractivity (Wildman–Crippen MR) is 123 cm³/mol. The van der Waals surface area contributed by atoms with Crippen LogP contribution < -0.4 is 24.3 Å². The Hall–Kier alpha value is -3.67. The Kier molecular flexibility index (Phi) is 6.21. The number of amides is 1. The van der Waals surface area contributed by atoms with Crippen molar-refractivity contribution in [2.24, 2.45) is 5.92 Å². The first-order valence-electron chi connectivity index (χ1n) is 10.4. The van der Waals surface area contributed by atoms with Gasteiger partial charge in [-0.2, -0.15) is 0 Å². The second-order valence-corrected chi connectivity index (χ2v) is 7.81. The van der Waals surface area contributed by atoms with Crippen LogP contribution in [0.4, 0.5) is 5.69 Å². The van der Waals surface area contributed by atoms with Crippen LogP contribution in [0.5, 0.6) is 23.0 Å². The maximum absolute atomic E-state index is 13.1. The van der Waals surface area contributed by atoms with Gasteiger partial charge in [0.1, 0.15) is 11.5 Å². The molecule has 2 atom stereocenters. The van der Waals surface area contributed by atoms with Crippen molar-refractivity contribution in [3.8, 4) is 23.0 Å². The van der Waals surface area contributed by atoms with Gasteiger partial charge in [0.05, 0.1) is 33.9 Å². The molecule has 0 aromatic heterocycles. The number of anilines is 1. The van der Waals surface area contributed by atoms with Gasteiger partial charge in [0.2, 0.25) is 5.91 Å². The van der Waals surface area contributed by atoms with E-state index in [0.29, 0.717) is 41.7 Å². The molecule has 1 amide bonds. The monoisotopic (exact) mass is 433 g/mol. The highest BCUT2D eigenvalue weighted by Crippen LogP contribution is 2.55. The Morgan fingerprint density at radius 1 is 0.875 bits per heavy atom. The molecular formula is C26H27NO5. The minimum atomic E-state index is -0.391. The highest BCUT2D eigenvalue weighted by molar-refractivity contribution is 5.96. The van der Waals surface area contributed by atoms with Crippen LogP contribution in [0.25, 0.3) is 0 Å². The van der Waals surface area contributed by atoms with Gasteiger partial charge in [0.15, 0.2) is 11.5 Å². The summed E-state index contributed by atoms with van der Waals surface area (Å²) in [5, 5.41) is 3.02. The molecule has 6 nitrogen and oxygen atoms in total. The molecule has 2 unspecified atom stereocenters. The molecule has 0 heterocycles. The van der Waals surface area contributed by atoms with Crippen LogP contribution in [0, 0.1) is 5.92 Å². The minimum Gasteiger partial charge on any atom is -0.497 e. The van der Waals surface area contributed by atoms with Crippen molar-refractivity contribution in [3.63, 3.8) is 0 Å². The topological polar surface area (TPSA) is 66.0 Å². The molecule has 32 heavy (non-hydrogen) atoms. The maximum atomic E-state index is 13.1. The van der Waals surface area contributed by atoms with Gasteiger partial charge in [-0.05, 0) is 36.2 Å². The van der Waals surface area contributed by atoms with E-state index >= 15 is 0 Å². The van der Waals surface area contributed by atoms with Crippen molar-refractivity contribution in [2.75, 3.05) is 33.3 Å². The Morgan fingerprint density at radius 3 is 2.38 bits per heavy atom. The lowest BCUT2D eigenvalue weighted by molar-refractivity contribution is -0.117. The van der Waals surface area contributed by atoms with Gasteiger partial charge in [0.25, 0.3) is 0 Å². The number of hydrogen-bond donors (Lipinski definition) is 1. The molecule has 0 spiro atoms. The van der Waals surface area contributed by atoms with E-state index in [-0.39, 0.29) is 11.8 Å². The van der Waals surface area contributed by atoms with E-state index in [4.69, 9.17) is 18.9 Å². The largest absolute Gasteiger partial charge is 0.497 e. The van der Waals surface area contributed by atoms with Gasteiger partial charge < -0.3 is 24.3 Å². The van der Waals surface area contributed by atoms with Crippen molar-refractivity contribution in [1.82, 2.24) is 0 Å². The Labute approximate surface area is 188 Å². The van der Waals surface area contributed by atoms with E-state index in [1.54, 1.807) is 27.4 Å². The average Bonchev–Trinajstić information content (AvgIpc) is 3.59. The fourth-order valence-electron chi connectivity index (χ4n) is 4.03. The zero-order chi connectivity index (χ0) is 22.6. The summed E-state index contributed by atoms with van der Waals surface area (Å²) in [4.78, 5) is 13.1. The molecule has 0 aliphatic heterocycles. The van der Waals surface area contributed by atoms with Crippen LogP contribution in [0.3, 0.4) is 0 Å². The molecule has 1 N–H and O–H groups in total. The molecule has 1 fully saturated rings. The van der Waals surface area contributed by atoms with Gasteiger partial charge in [-0.15, -0.1) is 0 Å². The van der Waals surface area contributed by atoms with Crippen molar-refractivity contribution < 1.29 is 23.7 Å². The van der Waals surface area contributed by atoms with Crippen molar-refractivity contribution >= 4 is 11.6 Å². The van der Waals surface area contributed by atoms with Gasteiger partial charge in [0, 0.05) is 23.2 Å². The standard InChI is InChI=1S/C26H27NO5/c1-29-20-11-7-10-19(14-20)27-25(28)22-16-26(22,18-8-5-4-6-9-18)17-32-21-12-13-23(30-2)24(15-21)31-3/h4-15,22H,16-17H2,1-3H3,(H,27,28). The zero-order valence-electron chi connectivity index (χ0n) is 18.5. The fourth-order valence-corrected chi connectivity index (χ4v) is 4.03. The van der Waals surface area contributed by atoms with Gasteiger partial charge >= 0.3 is 0 Å². The summed E-state index contributed by atoms with van der Waals surface area (Å²) in [6.07, 6.45) is 0.708. The average molecular weight is 434 g/mol. The van der Waals surface area contributed by atoms with E-state index in [1.165, 1.54) is 0 Å². The van der Waals surface area contributed by atoms with Crippen LogP contribution in [-0.4, -0.2) is 33.8 Å². The molecular weight excluding hydrogens is 406 g/mol. The second kappa shape index (κ2) is 9.22. The predicted octanol–water partition coefficient (Wildman–Crippen LogP) is 4.69. The Bertz CT molecular complexity index is 1080. The van der Waals surface area contributed by atoms with Crippen LogP contribution in [0.2, 0.25) is 0 Å². The van der Waals surface area contributed by atoms with E-state index in [9.17, 15) is 4.79 Å². The molecule has 0 radical (unpaired) electrons. The first kappa shape index (κ1) is 21.6. The summed E-state index contributed by atoms with van der Waals surface area (Å²) < 4.78 is 22.1. The third-order valence-corrected chi connectivity index (χ3v) is 5.93. The molecule has 3 aromatic carbocycles. The summed E-state index contributed by atoms with van der Waals surface area (Å²) in [5.41, 5.74) is 1.41. The molecule has 166 valence electrons. The van der Waals surface area contributed by atoms with Crippen LogP contribution >= 0.6 is 0 Å². The quantitative estimate of drug-likeness (QED) is 0.530. The summed E-state index contributed by atoms with van der Waals surface area (Å²) in [5.74, 6) is 2.37. The third-order valence-electron chi connectivity index (χ3n) is 5.93. The number of rotatable bonds is 9. The number of methoxy groups -OCH3 is 3. The number of benzene rings is 3. The van der Waals surface area contributed by atoms with E-state index < -0.39 is 5.41 Å². The summed E-state index contributed by atoms with van der Waals surface area (Å²) in [6, 6.07) is 22.9. The number of hydrogen-bond acceptors (Lipinski definition) is 5. The zero-order valence-corrected chi connectivity index (χ0v) is 18.5. The lowest BCUT2D eigenvalue weighted by atomic mass is 9.93. The highest BCUT2D eigenvalue weighted by atomic mass is 16.5. The highest BCUT2D eigenvalue weighted by Gasteiger charge is 2.60. The first-order valence-corrected chi connectivity index (χ1v) is 10.4. The summed E-state index contributed by atoms with van der Waals surface area (Å²) in [7, 11) is 4.79. The lowest BCUT2D eigenvalue weighted by Crippen LogP contribution is -2.26. The number of carbonyl (C=O) groups excluding carboxylic acids is 1. The Balaban J connectivity index is 1.52. The van der Waals surface area contributed by atoms with E-state index in [0.717, 1.165) is 5.56 Å². The number of carbonyl (C=O) groups is 1. The van der Waals surface area contributed by atoms with Gasteiger partial charge in [-0.25, -0.2) is 0 Å². The summed E-state index contributed by atoms with van der Waals surface area (Å²) >= 11 is 0. The van der Waals surface area contributed by atoms with Gasteiger partial charge in [-0.3, -0.25) is 4.79 Å². The molecule has 1 aliphatic rings. The maximum Gasteiger partial charge on any atom is 0.228 e. The third kappa shape index (κ3) is 4.35. The van der Waals surface area contributed by atoms with Crippen molar-refractivity contribution in [2.45, 2.75) is 11.8 Å². The smallest absolute Gasteiger partial charge is 0.228 e. The lowest BCUT2D eigenvalue weighted by Gasteiger charge is -2.20. The SMILES string of the molecule is COc1cccc(NC(=O)C2CC2(COc2ccc(OC)c(OC)c2)c2ccccc2)c1. The van der Waals surface area contributed by atoms with E-state index in [1.807, 2.05) is 54.6 Å². The normalized spacial score (nSPS) is 19.0. The molecule has 4 rings (SSSR count). The van der Waals surface area contributed by atoms with Crippen LogP contribution in [-0.2, 0) is 10.2 Å². The summed E-state index contributed by atoms with van der Waals surface area (Å²) in [6.45, 7) is 0.378. The Morgan fingerprint density at radius 2 is 1.66 bits per heavy atom. The fraction of sp³-hybridized carbons (Fsp3) is 0.269. The first-order chi connectivity index (χ1) is 15.6. The molecule has 1 saturated carbocycles. The van der Waals surface area contributed by atoms with Crippen molar-refractivity contribution in [3.05, 3.63) is 78.4 Å². The van der Waals surface area contributed by atoms with Crippen LogP contribution in [0.1, 0.15) is 12.0 Å². The molecule has 3 aromatic rings.